The van der Waals surface area contributed by atoms with Crippen LogP contribution in [-0.4, -0.2) is 45.9 Å². The van der Waals surface area contributed by atoms with Gasteiger partial charge in [0.2, 0.25) is 0 Å². The fourth-order valence-electron chi connectivity index (χ4n) is 5.97. The lowest BCUT2D eigenvalue weighted by Gasteiger charge is -2.43. The number of nitrogens with one attached hydrogen (secondary N) is 1. The van der Waals surface area contributed by atoms with Crippen LogP contribution in [0.3, 0.4) is 0 Å². The average Bonchev–Trinajstić information content (AvgIpc) is 3.27. The Morgan fingerprint density at radius 1 is 0.703 bits per heavy atom. The second-order valence-electron chi connectivity index (χ2n) is 11.0. The van der Waals surface area contributed by atoms with Gasteiger partial charge in [-0.05, 0) is 37.8 Å². The Kier molecular flexibility index (Phi) is 7.59. The first-order valence-electron chi connectivity index (χ1n) is 13.6. The van der Waals surface area contributed by atoms with Crippen LogP contribution in [0.2, 0.25) is 0 Å². The maximum Gasteiger partial charge on any atom is 0.137 e. The predicted molar refractivity (Wildman–Crippen MR) is 154 cm³/mol. The lowest BCUT2D eigenvalue weighted by molar-refractivity contribution is 0.0599. The number of hydrogen-bond donors (Lipinski definition) is 1. The summed E-state index contributed by atoms with van der Waals surface area (Å²) in [5, 5.41) is 0. The van der Waals surface area contributed by atoms with Gasteiger partial charge in [-0.15, -0.1) is 0 Å². The van der Waals surface area contributed by atoms with Crippen LogP contribution in [0.1, 0.15) is 59.6 Å². The number of H-pyrrole nitrogens is 1. The molecule has 1 aromatic heterocycles. The summed E-state index contributed by atoms with van der Waals surface area (Å²) in [6.07, 6.45) is 0. The van der Waals surface area contributed by atoms with E-state index >= 15 is 0 Å². The van der Waals surface area contributed by atoms with Crippen LogP contribution in [0, 0.1) is 26.7 Å². The van der Waals surface area contributed by atoms with Gasteiger partial charge in [0.05, 0.1) is 17.8 Å². The Morgan fingerprint density at radius 3 is 1.81 bits per heavy atom. The standard InChI is InChI=1S/C33H40N4/c1-23(2)31(30-26(5)34-33(35-30)27-13-7-6-8-14-27)36-17-19-37(20-18-36)32(28-15-9-11-24(3)21-28)29-16-10-12-25(4)22-29/h6-16,21-23,31-32H,17-20H2,1-5H3,(H,34,35). The van der Waals surface area contributed by atoms with E-state index in [0.29, 0.717) is 12.0 Å². The van der Waals surface area contributed by atoms with Gasteiger partial charge >= 0.3 is 0 Å². The Labute approximate surface area is 222 Å². The van der Waals surface area contributed by atoms with Crippen molar-refractivity contribution >= 4 is 0 Å². The van der Waals surface area contributed by atoms with E-state index in [1.54, 1.807) is 0 Å². The van der Waals surface area contributed by atoms with Crippen molar-refractivity contribution in [3.63, 3.8) is 0 Å². The largest absolute Gasteiger partial charge is 0.342 e. The Morgan fingerprint density at radius 2 is 1.27 bits per heavy atom. The fraction of sp³-hybridized carbons (Fsp3) is 0.364. The van der Waals surface area contributed by atoms with Crippen LogP contribution in [0.15, 0.2) is 78.9 Å². The maximum atomic E-state index is 5.13. The molecule has 1 unspecified atom stereocenters. The SMILES string of the molecule is Cc1cccc(C(c2cccc(C)c2)N2CCN(C(c3nc(-c4ccccc4)[nH]c3C)C(C)C)CC2)c1. The molecule has 5 rings (SSSR count). The normalized spacial score (nSPS) is 16.0. The van der Waals surface area contributed by atoms with Crippen LogP contribution in [0.25, 0.3) is 11.4 Å². The molecule has 1 aliphatic heterocycles. The minimum absolute atomic E-state index is 0.274. The fourth-order valence-corrected chi connectivity index (χ4v) is 5.97. The zero-order valence-electron chi connectivity index (χ0n) is 22.9. The molecule has 1 fully saturated rings. The molecule has 0 saturated carbocycles. The predicted octanol–water partition coefficient (Wildman–Crippen LogP) is 7.11. The molecule has 4 heteroatoms. The van der Waals surface area contributed by atoms with E-state index in [0.717, 1.165) is 37.6 Å². The molecule has 1 saturated heterocycles. The van der Waals surface area contributed by atoms with Gasteiger partial charge in [-0.3, -0.25) is 9.80 Å². The molecule has 4 aromatic rings. The van der Waals surface area contributed by atoms with Gasteiger partial charge < -0.3 is 4.98 Å². The quantitative estimate of drug-likeness (QED) is 0.299. The van der Waals surface area contributed by atoms with Crippen molar-refractivity contribution in [1.29, 1.82) is 0 Å². The summed E-state index contributed by atoms with van der Waals surface area (Å²) in [7, 11) is 0. The smallest absolute Gasteiger partial charge is 0.137 e. The first kappa shape index (κ1) is 25.4. The Balaban J connectivity index is 1.39. The second-order valence-corrected chi connectivity index (χ2v) is 11.0. The van der Waals surface area contributed by atoms with Crippen molar-refractivity contribution in [2.75, 3.05) is 26.2 Å². The van der Waals surface area contributed by atoms with E-state index in [1.807, 2.05) is 0 Å². The van der Waals surface area contributed by atoms with Crippen molar-refractivity contribution in [2.24, 2.45) is 5.92 Å². The number of aryl methyl sites for hydroxylation is 3. The van der Waals surface area contributed by atoms with Gasteiger partial charge in [0, 0.05) is 37.4 Å². The third-order valence-electron chi connectivity index (χ3n) is 7.70. The molecule has 1 aliphatic rings. The molecule has 0 aliphatic carbocycles. The summed E-state index contributed by atoms with van der Waals surface area (Å²) in [4.78, 5) is 14.0. The summed E-state index contributed by atoms with van der Waals surface area (Å²) >= 11 is 0. The minimum Gasteiger partial charge on any atom is -0.342 e. The number of benzene rings is 3. The first-order valence-corrected chi connectivity index (χ1v) is 13.6. The molecule has 0 radical (unpaired) electrons. The average molecular weight is 493 g/mol. The third kappa shape index (κ3) is 5.56. The van der Waals surface area contributed by atoms with Crippen molar-refractivity contribution in [1.82, 2.24) is 19.8 Å². The highest BCUT2D eigenvalue weighted by atomic mass is 15.3. The number of aromatic amines is 1. The number of nitrogens with zero attached hydrogens (tertiary/aromatic N) is 3. The van der Waals surface area contributed by atoms with Crippen LogP contribution in [-0.2, 0) is 0 Å². The summed E-state index contributed by atoms with van der Waals surface area (Å²) < 4.78 is 0. The molecular formula is C33H40N4. The van der Waals surface area contributed by atoms with Gasteiger partial charge in [-0.25, -0.2) is 4.98 Å². The molecule has 3 aromatic carbocycles. The van der Waals surface area contributed by atoms with E-state index in [4.69, 9.17) is 4.98 Å². The second kappa shape index (κ2) is 11.0. The molecule has 0 bridgehead atoms. The molecule has 1 N–H and O–H groups in total. The topological polar surface area (TPSA) is 35.2 Å². The van der Waals surface area contributed by atoms with Crippen molar-refractivity contribution < 1.29 is 0 Å². The maximum absolute atomic E-state index is 5.13. The van der Waals surface area contributed by atoms with Crippen LogP contribution in [0.4, 0.5) is 0 Å². The summed E-state index contributed by atoms with van der Waals surface area (Å²) in [5.74, 6) is 1.44. The molecule has 192 valence electrons. The molecule has 37 heavy (non-hydrogen) atoms. The van der Waals surface area contributed by atoms with Gasteiger partial charge in [-0.2, -0.15) is 0 Å². The number of piperazine rings is 1. The number of aromatic nitrogens is 2. The first-order chi connectivity index (χ1) is 17.9. The number of imidazole rings is 1. The van der Waals surface area contributed by atoms with Crippen LogP contribution >= 0.6 is 0 Å². The zero-order valence-corrected chi connectivity index (χ0v) is 22.9. The molecule has 4 nitrogen and oxygen atoms in total. The van der Waals surface area contributed by atoms with Crippen molar-refractivity contribution in [3.05, 3.63) is 113 Å². The van der Waals surface area contributed by atoms with Gasteiger partial charge in [0.25, 0.3) is 0 Å². The monoisotopic (exact) mass is 492 g/mol. The summed E-state index contributed by atoms with van der Waals surface area (Å²) in [6, 6.07) is 29.1. The van der Waals surface area contributed by atoms with Crippen LogP contribution in [0.5, 0.6) is 0 Å². The Bertz CT molecular complexity index is 1270. The highest BCUT2D eigenvalue weighted by Gasteiger charge is 2.33. The number of hydrogen-bond acceptors (Lipinski definition) is 3. The van der Waals surface area contributed by atoms with Gasteiger partial charge in [-0.1, -0.05) is 104 Å². The number of rotatable bonds is 7. The minimum atomic E-state index is 0.274. The Hall–Kier alpha value is -3.21. The molecule has 0 spiro atoms. The molecule has 1 atom stereocenters. The molecule has 2 heterocycles. The highest BCUT2D eigenvalue weighted by Crippen LogP contribution is 2.35. The third-order valence-corrected chi connectivity index (χ3v) is 7.70. The van der Waals surface area contributed by atoms with E-state index < -0.39 is 0 Å². The zero-order chi connectivity index (χ0) is 25.9. The van der Waals surface area contributed by atoms with E-state index in [1.165, 1.54) is 33.6 Å². The van der Waals surface area contributed by atoms with Crippen molar-refractivity contribution in [3.8, 4) is 11.4 Å². The van der Waals surface area contributed by atoms with Gasteiger partial charge in [0.15, 0.2) is 0 Å². The highest BCUT2D eigenvalue weighted by molar-refractivity contribution is 5.55. The van der Waals surface area contributed by atoms with E-state index in [-0.39, 0.29) is 6.04 Å². The molecular weight excluding hydrogens is 452 g/mol. The lowest BCUT2D eigenvalue weighted by atomic mass is 9.93. The molecule has 0 amide bonds. The van der Waals surface area contributed by atoms with E-state index in [2.05, 4.69) is 128 Å². The van der Waals surface area contributed by atoms with Crippen LogP contribution < -0.4 is 0 Å². The lowest BCUT2D eigenvalue weighted by Crippen LogP contribution is -2.50. The van der Waals surface area contributed by atoms with Gasteiger partial charge in [0.1, 0.15) is 5.82 Å². The summed E-state index contributed by atoms with van der Waals surface area (Å²) in [5.41, 5.74) is 8.91. The summed E-state index contributed by atoms with van der Waals surface area (Å²) in [6.45, 7) is 15.3. The van der Waals surface area contributed by atoms with E-state index in [9.17, 15) is 0 Å². The van der Waals surface area contributed by atoms with Crippen molar-refractivity contribution in [2.45, 2.75) is 46.7 Å².